The monoisotopic (exact) mass is 337 g/mol. The minimum Gasteiger partial charge on any atom is -0.504 e. The van der Waals surface area contributed by atoms with Gasteiger partial charge in [0.05, 0.1) is 19.1 Å². The lowest BCUT2D eigenvalue weighted by molar-refractivity contribution is 0.240. The summed E-state index contributed by atoms with van der Waals surface area (Å²) in [6, 6.07) is 9.22. The highest BCUT2D eigenvalue weighted by Gasteiger charge is 2.20. The van der Waals surface area contributed by atoms with E-state index < -0.39 is 0 Å². The molecule has 1 aliphatic heterocycles. The number of ether oxygens (including phenoxy) is 1. The van der Waals surface area contributed by atoms with E-state index in [0.717, 1.165) is 37.3 Å². The molecule has 0 fully saturated rings. The van der Waals surface area contributed by atoms with Crippen LogP contribution in [-0.2, 0) is 19.5 Å². The number of aromatic hydroxyl groups is 1. The lowest BCUT2D eigenvalue weighted by Gasteiger charge is -2.28. The summed E-state index contributed by atoms with van der Waals surface area (Å²) in [5.41, 5.74) is 3.26. The predicted octanol–water partition coefficient (Wildman–Crippen LogP) is 3.01. The van der Waals surface area contributed by atoms with Crippen LogP contribution in [0.2, 0.25) is 0 Å². The number of hydrogen-bond donors (Lipinski definition) is 1. The molecule has 0 saturated heterocycles. The summed E-state index contributed by atoms with van der Waals surface area (Å²) in [4.78, 5) is 11.4. The van der Waals surface area contributed by atoms with E-state index in [1.165, 1.54) is 5.56 Å². The standard InChI is InChI=1S/C19H19N3O3/c1-24-17-5-4-13(9-16(17)23)11-22-7-6-14-10-20-19(21-15(14)12-22)18-3-2-8-25-18/h2-5,8-10,23H,6-7,11-12H2,1H3. The highest BCUT2D eigenvalue weighted by Crippen LogP contribution is 2.28. The van der Waals surface area contributed by atoms with Crippen molar-refractivity contribution in [2.75, 3.05) is 13.7 Å². The van der Waals surface area contributed by atoms with E-state index >= 15 is 0 Å². The fourth-order valence-corrected chi connectivity index (χ4v) is 3.11. The predicted molar refractivity (Wildman–Crippen MR) is 92.2 cm³/mol. The molecule has 4 rings (SSSR count). The van der Waals surface area contributed by atoms with Gasteiger partial charge in [0.2, 0.25) is 0 Å². The summed E-state index contributed by atoms with van der Waals surface area (Å²) in [6.07, 6.45) is 4.44. The van der Waals surface area contributed by atoms with Crippen LogP contribution in [0.5, 0.6) is 11.5 Å². The molecule has 0 aliphatic carbocycles. The Bertz CT molecular complexity index is 878. The molecular weight excluding hydrogens is 318 g/mol. The lowest BCUT2D eigenvalue weighted by Crippen LogP contribution is -2.31. The van der Waals surface area contributed by atoms with E-state index in [9.17, 15) is 5.11 Å². The zero-order valence-electron chi connectivity index (χ0n) is 14.0. The Hall–Kier alpha value is -2.86. The van der Waals surface area contributed by atoms with Gasteiger partial charge in [0.1, 0.15) is 0 Å². The van der Waals surface area contributed by atoms with E-state index in [1.807, 2.05) is 24.4 Å². The first-order valence-electron chi connectivity index (χ1n) is 8.20. The molecule has 1 aliphatic rings. The molecular formula is C19H19N3O3. The second-order valence-electron chi connectivity index (χ2n) is 6.11. The first kappa shape index (κ1) is 15.7. The maximum absolute atomic E-state index is 9.95. The Labute approximate surface area is 145 Å². The SMILES string of the molecule is COc1ccc(CN2CCc3cnc(-c4ccco4)nc3C2)cc1O. The molecule has 0 atom stereocenters. The fourth-order valence-electron chi connectivity index (χ4n) is 3.11. The highest BCUT2D eigenvalue weighted by atomic mass is 16.5. The Morgan fingerprint density at radius 3 is 3.00 bits per heavy atom. The van der Waals surface area contributed by atoms with Crippen molar-refractivity contribution in [3.05, 3.63) is 59.6 Å². The number of nitrogens with zero attached hydrogens (tertiary/aromatic N) is 3. The molecule has 6 heteroatoms. The Kier molecular flexibility index (Phi) is 4.11. The van der Waals surface area contributed by atoms with Gasteiger partial charge < -0.3 is 14.3 Å². The Morgan fingerprint density at radius 2 is 2.24 bits per heavy atom. The van der Waals surface area contributed by atoms with Gasteiger partial charge in [-0.3, -0.25) is 4.90 Å². The lowest BCUT2D eigenvalue weighted by atomic mass is 10.1. The van der Waals surface area contributed by atoms with Crippen molar-refractivity contribution < 1.29 is 14.3 Å². The number of rotatable bonds is 4. The van der Waals surface area contributed by atoms with E-state index in [1.54, 1.807) is 25.5 Å². The molecule has 0 saturated carbocycles. The molecule has 1 N–H and O–H groups in total. The third kappa shape index (κ3) is 3.21. The van der Waals surface area contributed by atoms with Gasteiger partial charge in [-0.2, -0.15) is 0 Å². The van der Waals surface area contributed by atoms with Crippen molar-refractivity contribution in [3.8, 4) is 23.1 Å². The number of phenolic OH excluding ortho intramolecular Hbond substituents is 1. The molecule has 25 heavy (non-hydrogen) atoms. The molecule has 0 amide bonds. The summed E-state index contributed by atoms with van der Waals surface area (Å²) < 4.78 is 10.5. The molecule has 128 valence electrons. The van der Waals surface area contributed by atoms with E-state index in [0.29, 0.717) is 17.3 Å². The summed E-state index contributed by atoms with van der Waals surface area (Å²) in [5.74, 6) is 1.95. The molecule has 3 heterocycles. The van der Waals surface area contributed by atoms with Gasteiger partial charge in [0, 0.05) is 25.8 Å². The first-order valence-corrected chi connectivity index (χ1v) is 8.20. The maximum Gasteiger partial charge on any atom is 0.195 e. The van der Waals surface area contributed by atoms with E-state index in [4.69, 9.17) is 9.15 Å². The molecule has 0 radical (unpaired) electrons. The van der Waals surface area contributed by atoms with E-state index in [2.05, 4.69) is 14.9 Å². The van der Waals surface area contributed by atoms with Gasteiger partial charge in [-0.05, 0) is 41.8 Å². The zero-order valence-corrected chi connectivity index (χ0v) is 14.0. The van der Waals surface area contributed by atoms with Crippen LogP contribution < -0.4 is 4.74 Å². The van der Waals surface area contributed by atoms with Gasteiger partial charge in [-0.25, -0.2) is 9.97 Å². The molecule has 6 nitrogen and oxygen atoms in total. The minimum absolute atomic E-state index is 0.167. The van der Waals surface area contributed by atoms with Crippen LogP contribution in [-0.4, -0.2) is 33.6 Å². The highest BCUT2D eigenvalue weighted by molar-refractivity contribution is 5.47. The zero-order chi connectivity index (χ0) is 17.2. The van der Waals surface area contributed by atoms with Gasteiger partial charge in [0.25, 0.3) is 0 Å². The van der Waals surface area contributed by atoms with Gasteiger partial charge >= 0.3 is 0 Å². The van der Waals surface area contributed by atoms with Crippen molar-refractivity contribution in [3.63, 3.8) is 0 Å². The number of benzene rings is 1. The van der Waals surface area contributed by atoms with Crippen LogP contribution >= 0.6 is 0 Å². The van der Waals surface area contributed by atoms with Crippen molar-refractivity contribution in [1.82, 2.24) is 14.9 Å². The number of fused-ring (bicyclic) bond motifs is 1. The fraction of sp³-hybridized carbons (Fsp3) is 0.263. The molecule has 1 aromatic carbocycles. The average molecular weight is 337 g/mol. The summed E-state index contributed by atoms with van der Waals surface area (Å²) in [7, 11) is 1.55. The van der Waals surface area contributed by atoms with Gasteiger partial charge in [-0.15, -0.1) is 0 Å². The third-order valence-electron chi connectivity index (χ3n) is 4.42. The smallest absolute Gasteiger partial charge is 0.195 e. The maximum atomic E-state index is 9.95. The number of aromatic nitrogens is 2. The Balaban J connectivity index is 1.52. The van der Waals surface area contributed by atoms with Crippen LogP contribution in [0.1, 0.15) is 16.8 Å². The number of phenols is 1. The number of methoxy groups -OCH3 is 1. The normalized spacial score (nSPS) is 14.3. The number of furan rings is 1. The van der Waals surface area contributed by atoms with Crippen LogP contribution in [0.15, 0.2) is 47.2 Å². The first-order chi connectivity index (χ1) is 12.2. The molecule has 2 aromatic heterocycles. The summed E-state index contributed by atoms with van der Waals surface area (Å²) in [6.45, 7) is 2.43. The topological polar surface area (TPSA) is 71.6 Å². The minimum atomic E-state index is 0.167. The second kappa shape index (κ2) is 6.57. The molecule has 0 unspecified atom stereocenters. The molecule has 0 spiro atoms. The average Bonchev–Trinajstić information content (AvgIpc) is 3.16. The van der Waals surface area contributed by atoms with Gasteiger partial charge in [0.15, 0.2) is 23.1 Å². The van der Waals surface area contributed by atoms with Crippen LogP contribution in [0.4, 0.5) is 0 Å². The second-order valence-corrected chi connectivity index (χ2v) is 6.11. The van der Waals surface area contributed by atoms with Crippen LogP contribution in [0, 0.1) is 0 Å². The molecule has 0 bridgehead atoms. The summed E-state index contributed by atoms with van der Waals surface area (Å²) in [5, 5.41) is 9.95. The quantitative estimate of drug-likeness (QED) is 0.789. The summed E-state index contributed by atoms with van der Waals surface area (Å²) >= 11 is 0. The van der Waals surface area contributed by atoms with Crippen LogP contribution in [0.25, 0.3) is 11.6 Å². The van der Waals surface area contributed by atoms with Crippen molar-refractivity contribution >= 4 is 0 Å². The molecule has 3 aromatic rings. The van der Waals surface area contributed by atoms with Crippen molar-refractivity contribution in [2.24, 2.45) is 0 Å². The largest absolute Gasteiger partial charge is 0.504 e. The van der Waals surface area contributed by atoms with Crippen molar-refractivity contribution in [1.29, 1.82) is 0 Å². The van der Waals surface area contributed by atoms with Gasteiger partial charge in [-0.1, -0.05) is 6.07 Å². The van der Waals surface area contributed by atoms with Crippen LogP contribution in [0.3, 0.4) is 0 Å². The third-order valence-corrected chi connectivity index (χ3v) is 4.42. The number of hydrogen-bond acceptors (Lipinski definition) is 6. The van der Waals surface area contributed by atoms with E-state index in [-0.39, 0.29) is 5.75 Å². The Morgan fingerprint density at radius 1 is 1.32 bits per heavy atom. The van der Waals surface area contributed by atoms with Crippen molar-refractivity contribution in [2.45, 2.75) is 19.5 Å².